The lowest BCUT2D eigenvalue weighted by Crippen LogP contribution is -2.29. The fraction of sp³-hybridized carbons (Fsp3) is 0.300. The van der Waals surface area contributed by atoms with Crippen LogP contribution in [0.1, 0.15) is 24.0 Å². The molecule has 4 nitrogen and oxygen atoms in total. The topological polar surface area (TPSA) is 49.4 Å². The molecule has 1 fully saturated rings. The fourth-order valence-corrected chi connectivity index (χ4v) is 2.95. The van der Waals surface area contributed by atoms with Crippen molar-refractivity contribution in [3.05, 3.63) is 65.7 Å². The van der Waals surface area contributed by atoms with Gasteiger partial charge in [-0.25, -0.2) is 0 Å². The number of carbonyl (C=O) groups excluding carboxylic acids is 2. The number of hydrogen-bond donors (Lipinski definition) is 1. The molecule has 0 spiro atoms. The van der Waals surface area contributed by atoms with Gasteiger partial charge >= 0.3 is 0 Å². The second-order valence-corrected chi connectivity index (χ2v) is 6.17. The summed E-state index contributed by atoms with van der Waals surface area (Å²) in [5, 5.41) is 2.89. The van der Waals surface area contributed by atoms with Crippen LogP contribution in [0.25, 0.3) is 0 Å². The summed E-state index contributed by atoms with van der Waals surface area (Å²) in [6.45, 7) is 1.76. The van der Waals surface area contributed by atoms with Crippen molar-refractivity contribution in [3.63, 3.8) is 0 Å². The van der Waals surface area contributed by atoms with Gasteiger partial charge in [-0.15, -0.1) is 0 Å². The minimum Gasteiger partial charge on any atom is -0.342 e. The van der Waals surface area contributed by atoms with Gasteiger partial charge in [-0.05, 0) is 36.1 Å². The van der Waals surface area contributed by atoms with Crippen LogP contribution in [0, 0.1) is 0 Å². The zero-order valence-electron chi connectivity index (χ0n) is 13.7. The molecule has 0 radical (unpaired) electrons. The standard InChI is InChI=1S/C20H22N2O2/c23-19(14-16-6-2-1-3-7-16)21-18-10-8-17(9-11-18)15-20(24)22-12-4-5-13-22/h1-3,6-11H,4-5,12-15H2,(H,21,23). The largest absolute Gasteiger partial charge is 0.342 e. The molecule has 4 heteroatoms. The quantitative estimate of drug-likeness (QED) is 0.920. The normalized spacial score (nSPS) is 13.8. The number of rotatable bonds is 5. The second kappa shape index (κ2) is 7.77. The van der Waals surface area contributed by atoms with Crippen molar-refractivity contribution in [1.29, 1.82) is 0 Å². The van der Waals surface area contributed by atoms with Crippen LogP contribution in [-0.4, -0.2) is 29.8 Å². The molecular weight excluding hydrogens is 300 g/mol. The molecule has 1 saturated heterocycles. The number of amides is 2. The van der Waals surface area contributed by atoms with E-state index in [0.29, 0.717) is 12.8 Å². The van der Waals surface area contributed by atoms with Gasteiger partial charge in [-0.3, -0.25) is 9.59 Å². The van der Waals surface area contributed by atoms with Gasteiger partial charge in [0, 0.05) is 18.8 Å². The van der Waals surface area contributed by atoms with E-state index in [-0.39, 0.29) is 11.8 Å². The van der Waals surface area contributed by atoms with Crippen molar-refractivity contribution in [2.75, 3.05) is 18.4 Å². The number of nitrogens with zero attached hydrogens (tertiary/aromatic N) is 1. The molecule has 2 aromatic carbocycles. The Morgan fingerprint density at radius 2 is 1.46 bits per heavy atom. The van der Waals surface area contributed by atoms with E-state index in [1.807, 2.05) is 59.5 Å². The molecule has 0 bridgehead atoms. The number of hydrogen-bond acceptors (Lipinski definition) is 2. The van der Waals surface area contributed by atoms with Gasteiger partial charge in [-0.2, -0.15) is 0 Å². The summed E-state index contributed by atoms with van der Waals surface area (Å²) < 4.78 is 0. The van der Waals surface area contributed by atoms with Crippen molar-refractivity contribution in [2.24, 2.45) is 0 Å². The molecule has 0 unspecified atom stereocenters. The first kappa shape index (κ1) is 16.2. The minimum atomic E-state index is -0.0397. The van der Waals surface area contributed by atoms with E-state index in [4.69, 9.17) is 0 Å². The number of benzene rings is 2. The van der Waals surface area contributed by atoms with Crippen molar-refractivity contribution in [3.8, 4) is 0 Å². The van der Waals surface area contributed by atoms with E-state index < -0.39 is 0 Å². The predicted molar refractivity (Wildman–Crippen MR) is 94.7 cm³/mol. The third-order valence-electron chi connectivity index (χ3n) is 4.26. The number of nitrogens with one attached hydrogen (secondary N) is 1. The van der Waals surface area contributed by atoms with Gasteiger partial charge in [0.1, 0.15) is 0 Å². The molecule has 0 aliphatic carbocycles. The molecule has 1 N–H and O–H groups in total. The second-order valence-electron chi connectivity index (χ2n) is 6.17. The maximum absolute atomic E-state index is 12.1. The zero-order valence-corrected chi connectivity index (χ0v) is 13.7. The molecule has 24 heavy (non-hydrogen) atoms. The smallest absolute Gasteiger partial charge is 0.228 e. The van der Waals surface area contributed by atoms with Crippen molar-refractivity contribution >= 4 is 17.5 Å². The highest BCUT2D eigenvalue weighted by atomic mass is 16.2. The summed E-state index contributed by atoms with van der Waals surface area (Å²) in [5.41, 5.74) is 2.73. The van der Waals surface area contributed by atoms with Crippen LogP contribution in [0.4, 0.5) is 5.69 Å². The first-order valence-electron chi connectivity index (χ1n) is 8.41. The van der Waals surface area contributed by atoms with Gasteiger partial charge in [0.25, 0.3) is 0 Å². The van der Waals surface area contributed by atoms with Crippen LogP contribution >= 0.6 is 0 Å². The summed E-state index contributed by atoms with van der Waals surface area (Å²) >= 11 is 0. The SMILES string of the molecule is O=C(Cc1ccccc1)Nc1ccc(CC(=O)N2CCCC2)cc1. The lowest BCUT2D eigenvalue weighted by atomic mass is 10.1. The first-order chi connectivity index (χ1) is 11.7. The Morgan fingerprint density at radius 3 is 2.12 bits per heavy atom. The summed E-state index contributed by atoms with van der Waals surface area (Å²) in [5.74, 6) is 0.149. The Morgan fingerprint density at radius 1 is 0.833 bits per heavy atom. The Kier molecular flexibility index (Phi) is 5.26. The minimum absolute atomic E-state index is 0.0397. The number of carbonyl (C=O) groups is 2. The molecule has 0 atom stereocenters. The lowest BCUT2D eigenvalue weighted by Gasteiger charge is -2.15. The molecule has 3 rings (SSSR count). The van der Waals surface area contributed by atoms with E-state index in [0.717, 1.165) is 42.7 Å². The molecular formula is C20H22N2O2. The molecule has 1 heterocycles. The van der Waals surface area contributed by atoms with Gasteiger partial charge in [0.05, 0.1) is 12.8 Å². The van der Waals surface area contributed by atoms with Crippen LogP contribution in [0.3, 0.4) is 0 Å². The van der Waals surface area contributed by atoms with Crippen LogP contribution < -0.4 is 5.32 Å². The molecule has 2 amide bonds. The molecule has 0 aromatic heterocycles. The van der Waals surface area contributed by atoms with Crippen LogP contribution in [0.5, 0.6) is 0 Å². The maximum Gasteiger partial charge on any atom is 0.228 e. The van der Waals surface area contributed by atoms with Gasteiger partial charge in [0.15, 0.2) is 0 Å². The average molecular weight is 322 g/mol. The molecule has 1 aliphatic rings. The van der Waals surface area contributed by atoms with Gasteiger partial charge in [-0.1, -0.05) is 42.5 Å². The van der Waals surface area contributed by atoms with Crippen molar-refractivity contribution in [2.45, 2.75) is 25.7 Å². The summed E-state index contributed by atoms with van der Waals surface area (Å²) in [6, 6.07) is 17.2. The van der Waals surface area contributed by atoms with Gasteiger partial charge in [0.2, 0.25) is 11.8 Å². The predicted octanol–water partition coefficient (Wildman–Crippen LogP) is 3.03. The lowest BCUT2D eigenvalue weighted by molar-refractivity contribution is -0.129. The zero-order chi connectivity index (χ0) is 16.8. The summed E-state index contributed by atoms with van der Waals surface area (Å²) in [7, 11) is 0. The highest BCUT2D eigenvalue weighted by Crippen LogP contribution is 2.14. The van der Waals surface area contributed by atoms with Gasteiger partial charge < -0.3 is 10.2 Å². The highest BCUT2D eigenvalue weighted by Gasteiger charge is 2.17. The highest BCUT2D eigenvalue weighted by molar-refractivity contribution is 5.92. The monoisotopic (exact) mass is 322 g/mol. The molecule has 2 aromatic rings. The third kappa shape index (κ3) is 4.44. The number of likely N-dealkylation sites (tertiary alicyclic amines) is 1. The average Bonchev–Trinajstić information content (AvgIpc) is 3.12. The molecule has 1 aliphatic heterocycles. The Balaban J connectivity index is 1.52. The van der Waals surface area contributed by atoms with Crippen LogP contribution in [-0.2, 0) is 22.4 Å². The van der Waals surface area contributed by atoms with Crippen LogP contribution in [0.2, 0.25) is 0 Å². The summed E-state index contributed by atoms with van der Waals surface area (Å²) in [6.07, 6.45) is 3.00. The van der Waals surface area contributed by atoms with E-state index in [1.165, 1.54) is 0 Å². The van der Waals surface area contributed by atoms with Crippen LogP contribution in [0.15, 0.2) is 54.6 Å². The van der Waals surface area contributed by atoms with Crippen molar-refractivity contribution in [1.82, 2.24) is 4.90 Å². The van der Waals surface area contributed by atoms with Crippen molar-refractivity contribution < 1.29 is 9.59 Å². The number of anilines is 1. The summed E-state index contributed by atoms with van der Waals surface area (Å²) in [4.78, 5) is 26.1. The Hall–Kier alpha value is -2.62. The fourth-order valence-electron chi connectivity index (χ4n) is 2.95. The van der Waals surface area contributed by atoms with E-state index in [1.54, 1.807) is 0 Å². The van der Waals surface area contributed by atoms with E-state index >= 15 is 0 Å². The van der Waals surface area contributed by atoms with E-state index in [9.17, 15) is 9.59 Å². The maximum atomic E-state index is 12.1. The molecule has 0 saturated carbocycles. The van der Waals surface area contributed by atoms with E-state index in [2.05, 4.69) is 5.32 Å². The molecule has 124 valence electrons. The Labute approximate surface area is 142 Å². The first-order valence-corrected chi connectivity index (χ1v) is 8.41. The third-order valence-corrected chi connectivity index (χ3v) is 4.26. The Bertz CT molecular complexity index is 689.